The van der Waals surface area contributed by atoms with Crippen LogP contribution in [-0.4, -0.2) is 31.9 Å². The van der Waals surface area contributed by atoms with Gasteiger partial charge in [-0.15, -0.1) is 6.58 Å². The molecule has 1 rings (SSSR count). The highest BCUT2D eigenvalue weighted by molar-refractivity contribution is 7.89. The Morgan fingerprint density at radius 2 is 2.00 bits per heavy atom. The first-order valence-corrected chi connectivity index (χ1v) is 8.13. The molecule has 21 heavy (non-hydrogen) atoms. The van der Waals surface area contributed by atoms with Crippen LogP contribution in [0.5, 0.6) is 5.75 Å². The van der Waals surface area contributed by atoms with Crippen LogP contribution in [0.4, 0.5) is 0 Å². The van der Waals surface area contributed by atoms with Crippen molar-refractivity contribution in [3.63, 3.8) is 0 Å². The van der Waals surface area contributed by atoms with Crippen LogP contribution < -0.4 is 10.5 Å². The molecular formula is C15H24N2O3S. The van der Waals surface area contributed by atoms with E-state index in [4.69, 9.17) is 10.5 Å². The third kappa shape index (κ3) is 3.84. The van der Waals surface area contributed by atoms with Crippen molar-refractivity contribution in [1.29, 1.82) is 0 Å². The Bertz CT molecular complexity index is 604. The van der Waals surface area contributed by atoms with Crippen LogP contribution in [0.1, 0.15) is 26.3 Å². The predicted octanol–water partition coefficient (Wildman–Crippen LogP) is 2.13. The van der Waals surface area contributed by atoms with Gasteiger partial charge >= 0.3 is 0 Å². The maximum Gasteiger partial charge on any atom is 0.243 e. The molecule has 1 aromatic carbocycles. The van der Waals surface area contributed by atoms with Gasteiger partial charge in [-0.25, -0.2) is 8.42 Å². The maximum atomic E-state index is 12.8. The number of ether oxygens (including phenoxy) is 1. The molecule has 0 amide bonds. The van der Waals surface area contributed by atoms with E-state index < -0.39 is 15.6 Å². The van der Waals surface area contributed by atoms with Crippen LogP contribution in [0.25, 0.3) is 0 Å². The fourth-order valence-electron chi connectivity index (χ4n) is 2.05. The van der Waals surface area contributed by atoms with Gasteiger partial charge in [-0.3, -0.25) is 0 Å². The van der Waals surface area contributed by atoms with E-state index in [-0.39, 0.29) is 18.0 Å². The summed E-state index contributed by atoms with van der Waals surface area (Å²) in [5.74, 6) is 0.586. The monoisotopic (exact) mass is 312 g/mol. The summed E-state index contributed by atoms with van der Waals surface area (Å²) in [6, 6.07) is 4.73. The Labute approximate surface area is 127 Å². The number of nitrogens with two attached hydrogens (primary N) is 1. The van der Waals surface area contributed by atoms with Gasteiger partial charge in [-0.1, -0.05) is 6.08 Å². The van der Waals surface area contributed by atoms with Gasteiger partial charge in [0.25, 0.3) is 0 Å². The molecule has 0 saturated carbocycles. The zero-order valence-electron chi connectivity index (χ0n) is 13.1. The molecule has 5 nitrogen and oxygen atoms in total. The second kappa shape index (κ2) is 6.60. The SMILES string of the molecule is C=CCN(C(C)(C)C)S(=O)(=O)c1ccc(OC)c(CN)c1. The number of rotatable bonds is 6. The zero-order chi connectivity index (χ0) is 16.3. The molecule has 0 aliphatic carbocycles. The number of nitrogens with zero attached hydrogens (tertiary/aromatic N) is 1. The first-order valence-electron chi connectivity index (χ1n) is 6.69. The Kier molecular flexibility index (Phi) is 5.55. The highest BCUT2D eigenvalue weighted by atomic mass is 32.2. The first-order chi connectivity index (χ1) is 9.68. The number of hydrogen-bond donors (Lipinski definition) is 1. The highest BCUT2D eigenvalue weighted by Gasteiger charge is 2.33. The molecule has 0 heterocycles. The van der Waals surface area contributed by atoms with Crippen molar-refractivity contribution >= 4 is 10.0 Å². The summed E-state index contributed by atoms with van der Waals surface area (Å²) >= 11 is 0. The van der Waals surface area contributed by atoms with Gasteiger partial charge in [0, 0.05) is 24.2 Å². The van der Waals surface area contributed by atoms with E-state index >= 15 is 0 Å². The maximum absolute atomic E-state index is 12.8. The Morgan fingerprint density at radius 3 is 2.43 bits per heavy atom. The second-order valence-corrected chi connectivity index (χ2v) is 7.54. The minimum Gasteiger partial charge on any atom is -0.496 e. The summed E-state index contributed by atoms with van der Waals surface area (Å²) in [7, 11) is -2.10. The average molecular weight is 312 g/mol. The van der Waals surface area contributed by atoms with Gasteiger partial charge in [0.2, 0.25) is 10.0 Å². The quantitative estimate of drug-likeness (QED) is 0.817. The topological polar surface area (TPSA) is 72.6 Å². The van der Waals surface area contributed by atoms with E-state index in [1.54, 1.807) is 18.2 Å². The zero-order valence-corrected chi connectivity index (χ0v) is 13.9. The average Bonchev–Trinajstić information content (AvgIpc) is 2.42. The highest BCUT2D eigenvalue weighted by Crippen LogP contribution is 2.28. The smallest absolute Gasteiger partial charge is 0.243 e. The van der Waals surface area contributed by atoms with Crippen LogP contribution in [0, 0.1) is 0 Å². The Balaban J connectivity index is 3.38. The fraction of sp³-hybridized carbons (Fsp3) is 0.467. The molecule has 0 aliphatic rings. The van der Waals surface area contributed by atoms with Gasteiger partial charge in [0.15, 0.2) is 0 Å². The van der Waals surface area contributed by atoms with E-state index in [0.29, 0.717) is 11.3 Å². The molecule has 2 N–H and O–H groups in total. The molecule has 118 valence electrons. The largest absolute Gasteiger partial charge is 0.496 e. The van der Waals surface area contributed by atoms with Crippen molar-refractivity contribution in [2.45, 2.75) is 37.8 Å². The van der Waals surface area contributed by atoms with Crippen LogP contribution in [0.3, 0.4) is 0 Å². The molecule has 0 fully saturated rings. The van der Waals surface area contributed by atoms with E-state index in [2.05, 4.69) is 6.58 Å². The summed E-state index contributed by atoms with van der Waals surface area (Å²) in [5.41, 5.74) is 5.77. The predicted molar refractivity (Wildman–Crippen MR) is 84.7 cm³/mol. The summed E-state index contributed by atoms with van der Waals surface area (Å²) in [5, 5.41) is 0. The lowest BCUT2D eigenvalue weighted by Crippen LogP contribution is -2.45. The molecule has 0 unspecified atom stereocenters. The van der Waals surface area contributed by atoms with Gasteiger partial charge in [0.05, 0.1) is 12.0 Å². The molecule has 0 atom stereocenters. The van der Waals surface area contributed by atoms with E-state index in [1.165, 1.54) is 17.5 Å². The summed E-state index contributed by atoms with van der Waals surface area (Å²) in [4.78, 5) is 0.209. The first kappa shape index (κ1) is 17.7. The fourth-order valence-corrected chi connectivity index (χ4v) is 3.86. The number of methoxy groups -OCH3 is 1. The molecule has 6 heteroatoms. The van der Waals surface area contributed by atoms with Crippen LogP contribution in [0.15, 0.2) is 35.7 Å². The van der Waals surface area contributed by atoms with Gasteiger partial charge in [0.1, 0.15) is 5.75 Å². The summed E-state index contributed by atoms with van der Waals surface area (Å²) in [6.07, 6.45) is 1.58. The van der Waals surface area contributed by atoms with Crippen molar-refractivity contribution in [2.75, 3.05) is 13.7 Å². The van der Waals surface area contributed by atoms with E-state index in [1.807, 2.05) is 20.8 Å². The molecule has 1 aromatic rings. The van der Waals surface area contributed by atoms with Crippen molar-refractivity contribution in [3.05, 3.63) is 36.4 Å². The number of benzene rings is 1. The minimum atomic E-state index is -3.63. The van der Waals surface area contributed by atoms with Crippen LogP contribution >= 0.6 is 0 Å². The molecule has 0 bridgehead atoms. The van der Waals surface area contributed by atoms with Crippen molar-refractivity contribution in [1.82, 2.24) is 4.31 Å². The second-order valence-electron chi connectivity index (χ2n) is 5.67. The van der Waals surface area contributed by atoms with Crippen molar-refractivity contribution < 1.29 is 13.2 Å². The normalized spacial score (nSPS) is 12.5. The molecule has 0 saturated heterocycles. The third-order valence-electron chi connectivity index (χ3n) is 3.10. The number of hydrogen-bond acceptors (Lipinski definition) is 4. The Morgan fingerprint density at radius 1 is 1.38 bits per heavy atom. The van der Waals surface area contributed by atoms with Gasteiger partial charge in [-0.05, 0) is 39.0 Å². The van der Waals surface area contributed by atoms with E-state index in [9.17, 15) is 8.42 Å². The standard InChI is InChI=1S/C15H24N2O3S/c1-6-9-17(15(2,3)4)21(18,19)13-7-8-14(20-5)12(10-13)11-16/h6-8,10H,1,9,11,16H2,2-5H3. The molecule has 0 aromatic heterocycles. The lowest BCUT2D eigenvalue weighted by molar-refractivity contribution is 0.270. The molecule has 0 radical (unpaired) electrons. The third-order valence-corrected chi connectivity index (χ3v) is 5.23. The van der Waals surface area contributed by atoms with Crippen LogP contribution in [-0.2, 0) is 16.6 Å². The molecular weight excluding hydrogens is 288 g/mol. The summed E-state index contributed by atoms with van der Waals surface area (Å²) in [6.45, 7) is 9.64. The van der Waals surface area contributed by atoms with Gasteiger partial charge < -0.3 is 10.5 Å². The minimum absolute atomic E-state index is 0.209. The van der Waals surface area contributed by atoms with Crippen LogP contribution in [0.2, 0.25) is 0 Å². The molecule has 0 spiro atoms. The van der Waals surface area contributed by atoms with E-state index in [0.717, 1.165) is 0 Å². The Hall–Kier alpha value is -1.37. The lowest BCUT2D eigenvalue weighted by atomic mass is 10.1. The molecule has 0 aliphatic heterocycles. The number of sulfonamides is 1. The van der Waals surface area contributed by atoms with Crippen molar-refractivity contribution in [2.24, 2.45) is 5.73 Å². The van der Waals surface area contributed by atoms with Crippen molar-refractivity contribution in [3.8, 4) is 5.75 Å². The van der Waals surface area contributed by atoms with Gasteiger partial charge in [-0.2, -0.15) is 4.31 Å². The lowest BCUT2D eigenvalue weighted by Gasteiger charge is -2.33. The summed E-state index contributed by atoms with van der Waals surface area (Å²) < 4.78 is 32.3.